The number of esters is 1. The van der Waals surface area contributed by atoms with Crippen LogP contribution in [0.5, 0.6) is 0 Å². The molecule has 1 aliphatic carbocycles. The highest BCUT2D eigenvalue weighted by molar-refractivity contribution is 5.92. The molecule has 0 bridgehead atoms. The molecule has 3 aliphatic heterocycles. The molecule has 39 heavy (non-hydrogen) atoms. The average molecular weight is 540 g/mol. The van der Waals surface area contributed by atoms with Gasteiger partial charge in [0.05, 0.1) is 42.2 Å². The Morgan fingerprint density at radius 1 is 1.15 bits per heavy atom. The Balaban J connectivity index is 0.000000264. The molecule has 1 fully saturated rings. The maximum absolute atomic E-state index is 14.5. The lowest BCUT2D eigenvalue weighted by atomic mass is 9.85. The van der Waals surface area contributed by atoms with Gasteiger partial charge in [-0.3, -0.25) is 9.59 Å². The normalized spacial score (nSPS) is 19.2. The SMILES string of the molecule is CC.Cc1c(F)cc2nc3c(c4c2c1CCC4)Cn1c-3cc2c(c1=O)COC(=O)C2O.NC(=O)C1(O)COC1. The number of rotatable bonds is 1. The Morgan fingerprint density at radius 2 is 1.85 bits per heavy atom. The fourth-order valence-electron chi connectivity index (χ4n) is 5.50. The van der Waals surface area contributed by atoms with Crippen molar-refractivity contribution in [1.29, 1.82) is 0 Å². The number of pyridine rings is 2. The van der Waals surface area contributed by atoms with Crippen molar-refractivity contribution >= 4 is 22.8 Å². The third-order valence-corrected chi connectivity index (χ3v) is 7.68. The Labute approximate surface area is 223 Å². The number of aromatic nitrogens is 2. The fourth-order valence-corrected chi connectivity index (χ4v) is 5.50. The molecule has 0 saturated carbocycles. The van der Waals surface area contributed by atoms with E-state index in [1.54, 1.807) is 17.6 Å². The lowest BCUT2D eigenvalue weighted by Gasteiger charge is -2.32. The van der Waals surface area contributed by atoms with Gasteiger partial charge >= 0.3 is 5.97 Å². The van der Waals surface area contributed by atoms with Crippen LogP contribution in [0.25, 0.3) is 22.3 Å². The predicted octanol–water partition coefficient (Wildman–Crippen LogP) is 1.71. The van der Waals surface area contributed by atoms with E-state index < -0.39 is 23.6 Å². The molecule has 4 N–H and O–H groups in total. The first-order valence-corrected chi connectivity index (χ1v) is 13.0. The van der Waals surface area contributed by atoms with Crippen LogP contribution >= 0.6 is 0 Å². The van der Waals surface area contributed by atoms with Crippen LogP contribution in [-0.4, -0.2) is 50.5 Å². The largest absolute Gasteiger partial charge is 0.458 e. The molecule has 2 aromatic heterocycles. The standard InChI is InChI=1S/C22H17FN2O4.C4H7NO3.C2H6/c1-9-10-3-2-4-11-13-7-25-17(19(13)24-16(18(10)11)6-15(9)23)5-12-14(21(25)27)8-29-22(28)20(12)26;5-3(6)4(7)1-8-2-4;1-2/h5-6,20,26H,2-4,7-8H2,1H3;7H,1-2H2,(H2,5,6);1-2H3. The zero-order valence-electron chi connectivity index (χ0n) is 22.0. The van der Waals surface area contributed by atoms with Crippen LogP contribution in [0.2, 0.25) is 0 Å². The summed E-state index contributed by atoms with van der Waals surface area (Å²) < 4.78 is 25.6. The highest BCUT2D eigenvalue weighted by Crippen LogP contribution is 2.42. The van der Waals surface area contributed by atoms with Gasteiger partial charge in [0.2, 0.25) is 0 Å². The molecule has 1 amide bonds. The number of fused-ring (bicyclic) bond motifs is 5. The molecule has 1 saturated heterocycles. The number of hydrogen-bond acceptors (Lipinski definition) is 8. The van der Waals surface area contributed by atoms with Gasteiger partial charge < -0.3 is 30.0 Å². The van der Waals surface area contributed by atoms with Gasteiger partial charge in [-0.25, -0.2) is 14.2 Å². The molecule has 11 heteroatoms. The van der Waals surface area contributed by atoms with E-state index in [4.69, 9.17) is 20.6 Å². The Hall–Kier alpha value is -3.67. The highest BCUT2D eigenvalue weighted by Gasteiger charge is 2.42. The number of carbonyl (C=O) groups excluding carboxylic acids is 2. The molecule has 1 aromatic carbocycles. The number of cyclic esters (lactones) is 1. The third kappa shape index (κ3) is 4.12. The van der Waals surface area contributed by atoms with Gasteiger partial charge in [0.15, 0.2) is 11.7 Å². The zero-order chi connectivity index (χ0) is 28.2. The Kier molecular flexibility index (Phi) is 6.78. The number of primary amides is 1. The molecule has 4 aliphatic rings. The predicted molar refractivity (Wildman–Crippen MR) is 138 cm³/mol. The summed E-state index contributed by atoms with van der Waals surface area (Å²) in [4.78, 5) is 39.8. The summed E-state index contributed by atoms with van der Waals surface area (Å²) in [6, 6.07) is 3.13. The third-order valence-electron chi connectivity index (χ3n) is 7.68. The lowest BCUT2D eigenvalue weighted by molar-refractivity contribution is -0.187. The van der Waals surface area contributed by atoms with Crippen molar-refractivity contribution in [2.45, 2.75) is 64.9 Å². The van der Waals surface area contributed by atoms with Crippen molar-refractivity contribution in [3.63, 3.8) is 0 Å². The van der Waals surface area contributed by atoms with Crippen molar-refractivity contribution in [2.24, 2.45) is 5.73 Å². The number of nitrogens with zero attached hydrogens (tertiary/aromatic N) is 2. The quantitative estimate of drug-likeness (QED) is 0.309. The number of halogens is 1. The van der Waals surface area contributed by atoms with Crippen LogP contribution in [0.1, 0.15) is 59.8 Å². The maximum Gasteiger partial charge on any atom is 0.340 e. The first-order valence-electron chi connectivity index (χ1n) is 13.0. The van der Waals surface area contributed by atoms with Gasteiger partial charge in [-0.05, 0) is 48.9 Å². The smallest absolute Gasteiger partial charge is 0.340 e. The van der Waals surface area contributed by atoms with E-state index in [0.717, 1.165) is 41.3 Å². The average Bonchev–Trinajstić information content (AvgIpc) is 3.29. The fraction of sp³-hybridized carbons (Fsp3) is 0.429. The van der Waals surface area contributed by atoms with E-state index in [1.165, 1.54) is 6.07 Å². The van der Waals surface area contributed by atoms with Gasteiger partial charge in [0, 0.05) is 22.6 Å². The summed E-state index contributed by atoms with van der Waals surface area (Å²) in [6.07, 6.45) is 1.12. The number of aryl methyl sites for hydroxylation is 2. The molecule has 3 aromatic rings. The first-order chi connectivity index (χ1) is 18.6. The second-order valence-corrected chi connectivity index (χ2v) is 9.88. The van der Waals surface area contributed by atoms with Gasteiger partial charge in [-0.15, -0.1) is 0 Å². The van der Waals surface area contributed by atoms with E-state index >= 15 is 0 Å². The lowest BCUT2D eigenvalue weighted by Crippen LogP contribution is -2.58. The number of amides is 1. The van der Waals surface area contributed by atoms with Crippen molar-refractivity contribution in [3.8, 4) is 11.4 Å². The monoisotopic (exact) mass is 539 g/mol. The summed E-state index contributed by atoms with van der Waals surface area (Å²) in [7, 11) is 0. The van der Waals surface area contributed by atoms with E-state index in [0.29, 0.717) is 34.6 Å². The minimum Gasteiger partial charge on any atom is -0.458 e. The van der Waals surface area contributed by atoms with E-state index in [2.05, 4.69) is 4.74 Å². The molecular formula is C28H30FN3O7. The minimum absolute atomic E-state index is 0.0440. The summed E-state index contributed by atoms with van der Waals surface area (Å²) in [5, 5.41) is 20.1. The van der Waals surface area contributed by atoms with E-state index in [-0.39, 0.29) is 36.8 Å². The van der Waals surface area contributed by atoms with Crippen molar-refractivity contribution in [2.75, 3.05) is 13.2 Å². The molecule has 1 unspecified atom stereocenters. The molecule has 0 spiro atoms. The summed E-state index contributed by atoms with van der Waals surface area (Å²) in [5.74, 6) is -1.74. The Morgan fingerprint density at radius 3 is 2.46 bits per heavy atom. The van der Waals surface area contributed by atoms with Crippen molar-refractivity contribution in [3.05, 3.63) is 61.7 Å². The maximum atomic E-state index is 14.5. The highest BCUT2D eigenvalue weighted by atomic mass is 19.1. The number of carbonyl (C=O) groups is 2. The zero-order valence-corrected chi connectivity index (χ0v) is 22.0. The van der Waals surface area contributed by atoms with Crippen LogP contribution in [0.15, 0.2) is 16.9 Å². The minimum atomic E-state index is -1.48. The molecule has 0 radical (unpaired) electrons. The molecule has 206 valence electrons. The molecule has 5 heterocycles. The van der Waals surface area contributed by atoms with Gasteiger partial charge in [0.1, 0.15) is 12.4 Å². The summed E-state index contributed by atoms with van der Waals surface area (Å²) >= 11 is 0. The number of benzene rings is 1. The second-order valence-electron chi connectivity index (χ2n) is 9.88. The number of aliphatic hydroxyl groups excluding tert-OH is 1. The number of aliphatic hydroxyl groups is 2. The van der Waals surface area contributed by atoms with Crippen LogP contribution in [-0.2, 0) is 45.1 Å². The topological polar surface area (TPSA) is 154 Å². The molecule has 7 rings (SSSR count). The van der Waals surface area contributed by atoms with Gasteiger partial charge in [-0.1, -0.05) is 13.8 Å². The van der Waals surface area contributed by atoms with Crippen LogP contribution in [0, 0.1) is 12.7 Å². The number of ether oxygens (including phenoxy) is 2. The number of nitrogens with two attached hydrogens (primary N) is 1. The van der Waals surface area contributed by atoms with Crippen molar-refractivity contribution < 1.29 is 33.7 Å². The first kappa shape index (κ1) is 26.9. The molecule has 10 nitrogen and oxygen atoms in total. The van der Waals surface area contributed by atoms with E-state index in [9.17, 15) is 23.9 Å². The van der Waals surface area contributed by atoms with Gasteiger partial charge in [-0.2, -0.15) is 0 Å². The summed E-state index contributed by atoms with van der Waals surface area (Å²) in [5.41, 5.74) is 9.26. The summed E-state index contributed by atoms with van der Waals surface area (Å²) in [6.45, 7) is 6.13. The van der Waals surface area contributed by atoms with Crippen LogP contribution in [0.3, 0.4) is 0 Å². The number of hydrogen-bond donors (Lipinski definition) is 3. The van der Waals surface area contributed by atoms with Gasteiger partial charge in [0.25, 0.3) is 11.5 Å². The van der Waals surface area contributed by atoms with Crippen LogP contribution in [0.4, 0.5) is 4.39 Å². The van der Waals surface area contributed by atoms with Crippen molar-refractivity contribution in [1.82, 2.24) is 9.55 Å². The van der Waals surface area contributed by atoms with E-state index in [1.807, 2.05) is 13.8 Å². The molecule has 1 atom stereocenters. The Bertz CT molecular complexity index is 1590. The van der Waals surface area contributed by atoms with Crippen LogP contribution < -0.4 is 11.3 Å². The molecular weight excluding hydrogens is 509 g/mol. The second kappa shape index (κ2) is 9.82.